The second kappa shape index (κ2) is 7.77. The molecule has 0 bridgehead atoms. The lowest BCUT2D eigenvalue weighted by atomic mass is 9.84. The minimum Gasteiger partial charge on any atom is -0.307 e. The summed E-state index contributed by atoms with van der Waals surface area (Å²) in [5.41, 5.74) is 3.32. The average molecular weight is 291 g/mol. The minimum absolute atomic E-state index is 0.00804. The van der Waals surface area contributed by atoms with Crippen molar-refractivity contribution in [2.45, 2.75) is 24.8 Å². The molecule has 1 unspecified atom stereocenters. The molecule has 2 rings (SSSR count). The van der Waals surface area contributed by atoms with Crippen molar-refractivity contribution in [2.24, 2.45) is 0 Å². The van der Waals surface area contributed by atoms with E-state index in [9.17, 15) is 0 Å². The zero-order valence-corrected chi connectivity index (χ0v) is 13.2. The SMILES string of the molecule is C=CC(=C)C(=C)CCNC1(Cc2ccccc2)C=CC=CC1. The number of allylic oxidation sites excluding steroid dienone is 4. The van der Waals surface area contributed by atoms with E-state index in [1.807, 2.05) is 0 Å². The molecule has 0 spiro atoms. The van der Waals surface area contributed by atoms with Crippen LogP contribution in [-0.2, 0) is 6.42 Å². The molecule has 1 aromatic rings. The van der Waals surface area contributed by atoms with E-state index >= 15 is 0 Å². The number of rotatable bonds is 8. The third kappa shape index (κ3) is 4.44. The molecule has 0 amide bonds. The molecular weight excluding hydrogens is 266 g/mol. The number of benzene rings is 1. The minimum atomic E-state index is -0.00804. The highest BCUT2D eigenvalue weighted by atomic mass is 15.0. The van der Waals surface area contributed by atoms with Crippen molar-refractivity contribution in [1.82, 2.24) is 5.32 Å². The largest absolute Gasteiger partial charge is 0.307 e. The van der Waals surface area contributed by atoms with Crippen molar-refractivity contribution in [3.05, 3.63) is 97.2 Å². The maximum atomic E-state index is 4.07. The fraction of sp³-hybridized carbons (Fsp3) is 0.238. The third-order valence-corrected chi connectivity index (χ3v) is 4.11. The fourth-order valence-electron chi connectivity index (χ4n) is 2.72. The smallest absolute Gasteiger partial charge is 0.0443 e. The highest BCUT2D eigenvalue weighted by Crippen LogP contribution is 2.23. The first-order valence-corrected chi connectivity index (χ1v) is 7.78. The van der Waals surface area contributed by atoms with E-state index in [0.717, 1.165) is 37.0 Å². The van der Waals surface area contributed by atoms with Crippen LogP contribution in [-0.4, -0.2) is 12.1 Å². The zero-order chi connectivity index (χ0) is 15.8. The Morgan fingerprint density at radius 3 is 2.59 bits per heavy atom. The summed E-state index contributed by atoms with van der Waals surface area (Å²) in [5, 5.41) is 3.72. The van der Waals surface area contributed by atoms with Gasteiger partial charge in [0.15, 0.2) is 0 Å². The van der Waals surface area contributed by atoms with Gasteiger partial charge in [-0.05, 0) is 42.5 Å². The van der Waals surface area contributed by atoms with Crippen LogP contribution in [0.15, 0.2) is 91.6 Å². The molecule has 1 aliphatic rings. The highest BCUT2D eigenvalue weighted by Gasteiger charge is 2.26. The van der Waals surface area contributed by atoms with Gasteiger partial charge in [-0.25, -0.2) is 0 Å². The first kappa shape index (κ1) is 16.3. The quantitative estimate of drug-likeness (QED) is 0.681. The van der Waals surface area contributed by atoms with Gasteiger partial charge in [-0.2, -0.15) is 0 Å². The summed E-state index contributed by atoms with van der Waals surface area (Å²) in [6.45, 7) is 12.7. The molecule has 1 heteroatoms. The first-order chi connectivity index (χ1) is 10.7. The van der Waals surface area contributed by atoms with Crippen LogP contribution in [0.5, 0.6) is 0 Å². The summed E-state index contributed by atoms with van der Waals surface area (Å²) in [6, 6.07) is 10.6. The molecule has 114 valence electrons. The molecular formula is C21H25N. The van der Waals surface area contributed by atoms with Crippen molar-refractivity contribution >= 4 is 0 Å². The van der Waals surface area contributed by atoms with Gasteiger partial charge in [0, 0.05) is 5.54 Å². The molecule has 1 aliphatic carbocycles. The van der Waals surface area contributed by atoms with Crippen molar-refractivity contribution in [2.75, 3.05) is 6.54 Å². The monoisotopic (exact) mass is 291 g/mol. The molecule has 0 aliphatic heterocycles. The summed E-state index contributed by atoms with van der Waals surface area (Å²) in [7, 11) is 0. The zero-order valence-electron chi connectivity index (χ0n) is 13.2. The Morgan fingerprint density at radius 2 is 1.95 bits per heavy atom. The molecule has 1 aromatic carbocycles. The lowest BCUT2D eigenvalue weighted by molar-refractivity contribution is 0.402. The maximum Gasteiger partial charge on any atom is 0.0443 e. The second-order valence-corrected chi connectivity index (χ2v) is 5.82. The van der Waals surface area contributed by atoms with E-state index in [-0.39, 0.29) is 5.54 Å². The van der Waals surface area contributed by atoms with Crippen LogP contribution in [0.1, 0.15) is 18.4 Å². The molecule has 0 saturated heterocycles. The van der Waals surface area contributed by atoms with Gasteiger partial charge in [0.25, 0.3) is 0 Å². The second-order valence-electron chi connectivity index (χ2n) is 5.82. The van der Waals surface area contributed by atoms with E-state index in [1.165, 1.54) is 5.56 Å². The molecule has 0 saturated carbocycles. The van der Waals surface area contributed by atoms with Gasteiger partial charge in [-0.15, -0.1) is 0 Å². The maximum absolute atomic E-state index is 4.07. The standard InChI is InChI=1S/C21H25N/c1-4-18(2)19(3)13-16-22-21(14-9-6-10-15-21)17-20-11-7-5-8-12-20/h4-12,14,22H,1-3,13,15-17H2. The van der Waals surface area contributed by atoms with Crippen LogP contribution >= 0.6 is 0 Å². The van der Waals surface area contributed by atoms with Crippen LogP contribution in [0.4, 0.5) is 0 Å². The number of hydrogen-bond acceptors (Lipinski definition) is 1. The molecule has 1 N–H and O–H groups in total. The predicted molar refractivity (Wildman–Crippen MR) is 96.9 cm³/mol. The summed E-state index contributed by atoms with van der Waals surface area (Å²) >= 11 is 0. The van der Waals surface area contributed by atoms with Crippen LogP contribution < -0.4 is 5.32 Å². The summed E-state index contributed by atoms with van der Waals surface area (Å²) in [5.74, 6) is 0. The van der Waals surface area contributed by atoms with Crippen LogP contribution in [0, 0.1) is 0 Å². The molecule has 0 fully saturated rings. The Bertz CT molecular complexity index is 592. The summed E-state index contributed by atoms with van der Waals surface area (Å²) in [4.78, 5) is 0. The molecule has 1 atom stereocenters. The van der Waals surface area contributed by atoms with Gasteiger partial charge >= 0.3 is 0 Å². The Hall–Kier alpha value is -2.12. The normalized spacial score (nSPS) is 19.8. The lowest BCUT2D eigenvalue weighted by Gasteiger charge is -2.33. The number of nitrogens with one attached hydrogen (secondary N) is 1. The van der Waals surface area contributed by atoms with Crippen LogP contribution in [0.2, 0.25) is 0 Å². The van der Waals surface area contributed by atoms with Gasteiger partial charge in [-0.1, -0.05) is 80.4 Å². The number of hydrogen-bond donors (Lipinski definition) is 1. The Morgan fingerprint density at radius 1 is 1.18 bits per heavy atom. The highest BCUT2D eigenvalue weighted by molar-refractivity contribution is 5.34. The fourth-order valence-corrected chi connectivity index (χ4v) is 2.72. The van der Waals surface area contributed by atoms with E-state index in [0.29, 0.717) is 0 Å². The topological polar surface area (TPSA) is 12.0 Å². The van der Waals surface area contributed by atoms with Crippen molar-refractivity contribution in [3.63, 3.8) is 0 Å². The molecule has 22 heavy (non-hydrogen) atoms. The first-order valence-electron chi connectivity index (χ1n) is 7.78. The summed E-state index contributed by atoms with van der Waals surface area (Å²) in [6.07, 6.45) is 13.4. The van der Waals surface area contributed by atoms with Crippen LogP contribution in [0.3, 0.4) is 0 Å². The van der Waals surface area contributed by atoms with Crippen LogP contribution in [0.25, 0.3) is 0 Å². The van der Waals surface area contributed by atoms with Gasteiger partial charge in [0.1, 0.15) is 0 Å². The van der Waals surface area contributed by atoms with Crippen molar-refractivity contribution in [3.8, 4) is 0 Å². The Balaban J connectivity index is 1.99. The lowest BCUT2D eigenvalue weighted by Crippen LogP contribution is -2.46. The molecule has 0 radical (unpaired) electrons. The Labute approximate surface area is 134 Å². The third-order valence-electron chi connectivity index (χ3n) is 4.11. The van der Waals surface area contributed by atoms with E-state index < -0.39 is 0 Å². The molecule has 0 heterocycles. The van der Waals surface area contributed by atoms with E-state index in [2.05, 4.69) is 79.7 Å². The van der Waals surface area contributed by atoms with Gasteiger partial charge in [-0.3, -0.25) is 0 Å². The van der Waals surface area contributed by atoms with Gasteiger partial charge < -0.3 is 5.32 Å². The predicted octanol–water partition coefficient (Wildman–Crippen LogP) is 4.76. The van der Waals surface area contributed by atoms with Gasteiger partial charge in [0.05, 0.1) is 0 Å². The summed E-state index contributed by atoms with van der Waals surface area (Å²) < 4.78 is 0. The van der Waals surface area contributed by atoms with Crippen molar-refractivity contribution < 1.29 is 0 Å². The van der Waals surface area contributed by atoms with E-state index in [1.54, 1.807) is 6.08 Å². The van der Waals surface area contributed by atoms with E-state index in [4.69, 9.17) is 0 Å². The molecule has 1 nitrogen and oxygen atoms in total. The molecule has 0 aromatic heterocycles. The Kier molecular flexibility index (Phi) is 5.74. The average Bonchev–Trinajstić information content (AvgIpc) is 2.55. The van der Waals surface area contributed by atoms with Gasteiger partial charge in [0.2, 0.25) is 0 Å². The van der Waals surface area contributed by atoms with Crippen molar-refractivity contribution in [1.29, 1.82) is 0 Å².